The number of hydrogen-bond acceptors (Lipinski definition) is 4. The number of H-pyrrole nitrogens is 1. The molecule has 1 unspecified atom stereocenters. The lowest BCUT2D eigenvalue weighted by molar-refractivity contribution is -0.121. The second-order valence-corrected chi connectivity index (χ2v) is 8.50. The van der Waals surface area contributed by atoms with Crippen molar-refractivity contribution in [3.63, 3.8) is 0 Å². The van der Waals surface area contributed by atoms with Gasteiger partial charge in [0.2, 0.25) is 5.91 Å². The first kappa shape index (κ1) is 22.4. The molecule has 156 valence electrons. The number of hydrogen-bond donors (Lipinski definition) is 2. The molecule has 0 aliphatic carbocycles. The zero-order chi connectivity index (χ0) is 21.8. The summed E-state index contributed by atoms with van der Waals surface area (Å²) in [6, 6.07) is 9.65. The number of benzene rings is 1. The van der Waals surface area contributed by atoms with Gasteiger partial charge in [-0.1, -0.05) is 51.1 Å². The Bertz CT molecular complexity index is 892. The maximum absolute atomic E-state index is 12.9. The third-order valence-electron chi connectivity index (χ3n) is 4.76. The van der Waals surface area contributed by atoms with Crippen molar-refractivity contribution >= 4 is 17.7 Å². The molecule has 1 heterocycles. The molecule has 1 aromatic heterocycles. The standard InChI is InChI=1S/C23H30N2O4/c1-14-20(22(28)29-6)17(25-21(14)15(2)26)12-19(27)24-18(13-23(3,4)5)16-10-8-7-9-11-16/h7-11,18,25H,12-13H2,1-6H3,(H,24,27). The molecule has 0 spiro atoms. The predicted octanol–water partition coefficient (Wildman–Crippen LogP) is 4.15. The Labute approximate surface area is 172 Å². The van der Waals surface area contributed by atoms with E-state index in [-0.39, 0.29) is 35.1 Å². The van der Waals surface area contributed by atoms with E-state index in [0.29, 0.717) is 17.0 Å². The van der Waals surface area contributed by atoms with Crippen LogP contribution < -0.4 is 5.32 Å². The van der Waals surface area contributed by atoms with Crippen molar-refractivity contribution < 1.29 is 19.1 Å². The molecule has 6 heteroatoms. The minimum Gasteiger partial charge on any atom is -0.465 e. The summed E-state index contributed by atoms with van der Waals surface area (Å²) in [4.78, 5) is 39.9. The van der Waals surface area contributed by atoms with Crippen molar-refractivity contribution in [3.8, 4) is 0 Å². The molecule has 1 amide bonds. The Morgan fingerprint density at radius 1 is 1.14 bits per heavy atom. The Morgan fingerprint density at radius 2 is 1.76 bits per heavy atom. The molecule has 0 fully saturated rings. The van der Waals surface area contributed by atoms with E-state index in [1.54, 1.807) is 6.92 Å². The molecule has 6 nitrogen and oxygen atoms in total. The van der Waals surface area contributed by atoms with Crippen LogP contribution in [0.5, 0.6) is 0 Å². The molecule has 0 aliphatic rings. The molecule has 0 saturated carbocycles. The second-order valence-electron chi connectivity index (χ2n) is 8.50. The van der Waals surface area contributed by atoms with Gasteiger partial charge in [0.1, 0.15) is 0 Å². The number of ether oxygens (including phenoxy) is 1. The average molecular weight is 399 g/mol. The zero-order valence-corrected chi connectivity index (χ0v) is 18.0. The van der Waals surface area contributed by atoms with Crippen molar-refractivity contribution in [2.45, 2.75) is 53.5 Å². The van der Waals surface area contributed by atoms with Gasteiger partial charge >= 0.3 is 5.97 Å². The van der Waals surface area contributed by atoms with Gasteiger partial charge in [-0.3, -0.25) is 9.59 Å². The van der Waals surface area contributed by atoms with Crippen molar-refractivity contribution in [2.75, 3.05) is 7.11 Å². The van der Waals surface area contributed by atoms with Gasteiger partial charge in [0.25, 0.3) is 0 Å². The summed E-state index contributed by atoms with van der Waals surface area (Å²) in [5, 5.41) is 3.08. The van der Waals surface area contributed by atoms with Gasteiger partial charge in [-0.05, 0) is 29.9 Å². The number of esters is 1. The summed E-state index contributed by atoms with van der Waals surface area (Å²) in [6.07, 6.45) is 0.709. The van der Waals surface area contributed by atoms with E-state index >= 15 is 0 Å². The Kier molecular flexibility index (Phi) is 7.01. The first-order valence-corrected chi connectivity index (χ1v) is 9.68. The quantitative estimate of drug-likeness (QED) is 0.542. The van der Waals surface area contributed by atoms with Crippen LogP contribution in [0.3, 0.4) is 0 Å². The first-order chi connectivity index (χ1) is 13.5. The van der Waals surface area contributed by atoms with E-state index in [1.165, 1.54) is 14.0 Å². The van der Waals surface area contributed by atoms with Crippen molar-refractivity contribution in [1.82, 2.24) is 10.3 Å². The maximum Gasteiger partial charge on any atom is 0.339 e. The SMILES string of the molecule is COC(=O)c1c(CC(=O)NC(CC(C)(C)C)c2ccccc2)[nH]c(C(C)=O)c1C. The lowest BCUT2D eigenvalue weighted by Crippen LogP contribution is -2.32. The summed E-state index contributed by atoms with van der Waals surface area (Å²) >= 11 is 0. The van der Waals surface area contributed by atoms with Crippen LogP contribution in [0.4, 0.5) is 0 Å². The first-order valence-electron chi connectivity index (χ1n) is 9.68. The van der Waals surface area contributed by atoms with Crippen LogP contribution in [0, 0.1) is 12.3 Å². The molecule has 2 N–H and O–H groups in total. The molecule has 2 aromatic rings. The molecule has 2 rings (SSSR count). The number of aromatic amines is 1. The highest BCUT2D eigenvalue weighted by atomic mass is 16.5. The van der Waals surface area contributed by atoms with Crippen molar-refractivity contribution in [2.24, 2.45) is 5.41 Å². The molecule has 0 radical (unpaired) electrons. The van der Waals surface area contributed by atoms with E-state index in [0.717, 1.165) is 12.0 Å². The third kappa shape index (κ3) is 5.79. The molecular weight excluding hydrogens is 368 g/mol. The Morgan fingerprint density at radius 3 is 2.28 bits per heavy atom. The van der Waals surface area contributed by atoms with E-state index in [9.17, 15) is 14.4 Å². The molecule has 0 bridgehead atoms. The van der Waals surface area contributed by atoms with Crippen LogP contribution >= 0.6 is 0 Å². The number of aromatic nitrogens is 1. The number of amides is 1. The van der Waals surface area contributed by atoms with Gasteiger partial charge in [-0.25, -0.2) is 4.79 Å². The van der Waals surface area contributed by atoms with Crippen LogP contribution in [-0.2, 0) is 16.0 Å². The minimum absolute atomic E-state index is 0.00971. The number of methoxy groups -OCH3 is 1. The van der Waals surface area contributed by atoms with E-state index < -0.39 is 5.97 Å². The highest BCUT2D eigenvalue weighted by Crippen LogP contribution is 2.29. The monoisotopic (exact) mass is 398 g/mol. The zero-order valence-electron chi connectivity index (χ0n) is 18.0. The molecule has 1 aromatic carbocycles. The minimum atomic E-state index is -0.566. The molecule has 0 saturated heterocycles. The lowest BCUT2D eigenvalue weighted by Gasteiger charge is -2.27. The van der Waals surface area contributed by atoms with Crippen LogP contribution in [0.1, 0.15) is 77.8 Å². The smallest absolute Gasteiger partial charge is 0.339 e. The second kappa shape index (κ2) is 9.07. The molecule has 29 heavy (non-hydrogen) atoms. The number of nitrogens with one attached hydrogen (secondary N) is 2. The normalized spacial score (nSPS) is 12.3. The number of ketones is 1. The van der Waals surface area contributed by atoms with Crippen LogP contribution in [0.2, 0.25) is 0 Å². The fraction of sp³-hybridized carbons (Fsp3) is 0.435. The van der Waals surface area contributed by atoms with Crippen LogP contribution in [0.25, 0.3) is 0 Å². The fourth-order valence-electron chi connectivity index (χ4n) is 3.48. The number of carbonyl (C=O) groups is 3. The maximum atomic E-state index is 12.9. The number of rotatable bonds is 7. The van der Waals surface area contributed by atoms with Gasteiger partial charge in [0, 0.05) is 12.6 Å². The van der Waals surface area contributed by atoms with Gasteiger partial charge in [0.05, 0.1) is 30.8 Å². The summed E-state index contributed by atoms with van der Waals surface area (Å²) < 4.78 is 4.85. The van der Waals surface area contributed by atoms with Crippen LogP contribution in [0.15, 0.2) is 30.3 Å². The van der Waals surface area contributed by atoms with Crippen molar-refractivity contribution in [1.29, 1.82) is 0 Å². The number of carbonyl (C=O) groups excluding carboxylic acids is 3. The fourth-order valence-corrected chi connectivity index (χ4v) is 3.48. The summed E-state index contributed by atoms with van der Waals surface area (Å²) in [6.45, 7) is 9.46. The average Bonchev–Trinajstić information content (AvgIpc) is 2.96. The highest BCUT2D eigenvalue weighted by Gasteiger charge is 2.26. The van der Waals surface area contributed by atoms with Gasteiger partial charge in [-0.15, -0.1) is 0 Å². The predicted molar refractivity (Wildman–Crippen MR) is 112 cm³/mol. The van der Waals surface area contributed by atoms with E-state index in [4.69, 9.17) is 4.74 Å². The number of Topliss-reactive ketones (excluding diaryl/α,β-unsaturated/α-hetero) is 1. The van der Waals surface area contributed by atoms with Gasteiger partial charge in [0.15, 0.2) is 5.78 Å². The lowest BCUT2D eigenvalue weighted by atomic mass is 9.85. The van der Waals surface area contributed by atoms with Gasteiger partial charge < -0.3 is 15.0 Å². The largest absolute Gasteiger partial charge is 0.465 e. The molecule has 1 atom stereocenters. The summed E-state index contributed by atoms with van der Waals surface area (Å²) in [5.74, 6) is -0.998. The van der Waals surface area contributed by atoms with E-state index in [2.05, 4.69) is 31.1 Å². The summed E-state index contributed by atoms with van der Waals surface area (Å²) in [7, 11) is 1.28. The topological polar surface area (TPSA) is 88.3 Å². The van der Waals surface area contributed by atoms with Gasteiger partial charge in [-0.2, -0.15) is 0 Å². The van der Waals surface area contributed by atoms with Crippen molar-refractivity contribution in [3.05, 3.63) is 58.4 Å². The Hall–Kier alpha value is -2.89. The highest BCUT2D eigenvalue weighted by molar-refractivity contribution is 6.01. The van der Waals surface area contributed by atoms with Crippen LogP contribution in [-0.4, -0.2) is 29.8 Å². The van der Waals surface area contributed by atoms with E-state index in [1.807, 2.05) is 30.3 Å². The summed E-state index contributed by atoms with van der Waals surface area (Å²) in [5.41, 5.74) is 2.50. The Balaban J connectivity index is 2.29. The molecule has 0 aliphatic heterocycles. The molecular formula is C23H30N2O4. The third-order valence-corrected chi connectivity index (χ3v) is 4.76.